The lowest BCUT2D eigenvalue weighted by Crippen LogP contribution is -2.07. The number of rotatable bonds is 3. The first kappa shape index (κ1) is 8.04. The molecular formula is C7H14N4. The second-order valence-electron chi connectivity index (χ2n) is 2.84. The van der Waals surface area contributed by atoms with E-state index in [4.69, 9.17) is 5.73 Å². The Kier molecular flexibility index (Phi) is 2.46. The number of nitrogens with zero attached hydrogens (tertiary/aromatic N) is 3. The van der Waals surface area contributed by atoms with Gasteiger partial charge in [0.2, 0.25) is 5.95 Å². The zero-order valence-electron chi connectivity index (χ0n) is 6.99. The van der Waals surface area contributed by atoms with Crippen LogP contribution in [0, 0.1) is 5.92 Å². The quantitative estimate of drug-likeness (QED) is 0.704. The molecule has 0 fully saturated rings. The van der Waals surface area contributed by atoms with Gasteiger partial charge in [-0.3, -0.25) is 4.68 Å². The maximum atomic E-state index is 5.35. The monoisotopic (exact) mass is 154 g/mol. The molecule has 1 rings (SSSR count). The van der Waals surface area contributed by atoms with Crippen molar-refractivity contribution >= 4 is 5.95 Å². The highest BCUT2D eigenvalue weighted by atomic mass is 15.4. The van der Waals surface area contributed by atoms with Gasteiger partial charge in [0.05, 0.1) is 0 Å². The summed E-state index contributed by atoms with van der Waals surface area (Å²) in [4.78, 5) is 3.83. The Hall–Kier alpha value is -1.06. The summed E-state index contributed by atoms with van der Waals surface area (Å²) in [6.07, 6.45) is 2.82. The average molecular weight is 154 g/mol. The van der Waals surface area contributed by atoms with Gasteiger partial charge in [0.25, 0.3) is 0 Å². The van der Waals surface area contributed by atoms with E-state index in [-0.39, 0.29) is 0 Å². The second-order valence-corrected chi connectivity index (χ2v) is 2.84. The molecule has 62 valence electrons. The Morgan fingerprint density at radius 2 is 2.45 bits per heavy atom. The van der Waals surface area contributed by atoms with Crippen molar-refractivity contribution in [2.24, 2.45) is 5.92 Å². The zero-order chi connectivity index (χ0) is 8.27. The predicted octanol–water partition coefficient (Wildman–Crippen LogP) is 0.906. The van der Waals surface area contributed by atoms with Crippen molar-refractivity contribution in [1.82, 2.24) is 14.8 Å². The van der Waals surface area contributed by atoms with Gasteiger partial charge >= 0.3 is 0 Å². The molecule has 4 heteroatoms. The third-order valence-corrected chi connectivity index (χ3v) is 1.75. The summed E-state index contributed by atoms with van der Waals surface area (Å²) >= 11 is 0. The van der Waals surface area contributed by atoms with E-state index in [1.54, 1.807) is 11.0 Å². The van der Waals surface area contributed by atoms with Crippen LogP contribution >= 0.6 is 0 Å². The highest BCUT2D eigenvalue weighted by Crippen LogP contribution is 2.03. The molecule has 0 radical (unpaired) electrons. The first-order chi connectivity index (χ1) is 5.22. The second kappa shape index (κ2) is 3.37. The van der Waals surface area contributed by atoms with Gasteiger partial charge in [0, 0.05) is 6.54 Å². The van der Waals surface area contributed by atoms with Crippen LogP contribution in [0.1, 0.15) is 20.3 Å². The summed E-state index contributed by atoms with van der Waals surface area (Å²) in [6, 6.07) is 0. The van der Waals surface area contributed by atoms with Crippen LogP contribution < -0.4 is 5.73 Å². The normalized spacial score (nSPS) is 13.3. The zero-order valence-corrected chi connectivity index (χ0v) is 6.99. The van der Waals surface area contributed by atoms with Gasteiger partial charge in [-0.05, 0) is 5.92 Å². The molecule has 1 atom stereocenters. The van der Waals surface area contributed by atoms with E-state index >= 15 is 0 Å². The van der Waals surface area contributed by atoms with E-state index < -0.39 is 0 Å². The topological polar surface area (TPSA) is 56.7 Å². The number of nitrogens with two attached hydrogens (primary N) is 1. The molecule has 0 aromatic carbocycles. The van der Waals surface area contributed by atoms with E-state index in [2.05, 4.69) is 23.9 Å². The largest absolute Gasteiger partial charge is 0.367 e. The Morgan fingerprint density at radius 1 is 1.73 bits per heavy atom. The molecule has 1 heterocycles. The van der Waals surface area contributed by atoms with Crippen LogP contribution in [0.5, 0.6) is 0 Å². The fourth-order valence-electron chi connectivity index (χ4n) is 0.845. The van der Waals surface area contributed by atoms with Gasteiger partial charge in [0.1, 0.15) is 6.33 Å². The number of aromatic nitrogens is 3. The smallest absolute Gasteiger partial charge is 0.239 e. The Bertz CT molecular complexity index is 218. The van der Waals surface area contributed by atoms with Gasteiger partial charge in [-0.15, -0.1) is 5.10 Å². The maximum absolute atomic E-state index is 5.35. The van der Waals surface area contributed by atoms with Crippen LogP contribution in [0.4, 0.5) is 5.95 Å². The molecule has 1 unspecified atom stereocenters. The molecule has 0 spiro atoms. The summed E-state index contributed by atoms with van der Waals surface area (Å²) in [6.45, 7) is 5.24. The molecular weight excluding hydrogens is 140 g/mol. The molecule has 0 bridgehead atoms. The minimum atomic E-state index is 0.355. The van der Waals surface area contributed by atoms with Gasteiger partial charge in [-0.25, -0.2) is 4.98 Å². The van der Waals surface area contributed by atoms with Gasteiger partial charge < -0.3 is 5.73 Å². The van der Waals surface area contributed by atoms with Crippen LogP contribution in [-0.2, 0) is 6.54 Å². The number of hydrogen-bond donors (Lipinski definition) is 1. The van der Waals surface area contributed by atoms with Crippen molar-refractivity contribution in [3.63, 3.8) is 0 Å². The van der Waals surface area contributed by atoms with Crippen LogP contribution in [0.2, 0.25) is 0 Å². The summed E-state index contributed by atoms with van der Waals surface area (Å²) in [5.41, 5.74) is 5.35. The lowest BCUT2D eigenvalue weighted by Gasteiger charge is -2.06. The third-order valence-electron chi connectivity index (χ3n) is 1.75. The molecule has 0 aliphatic heterocycles. The predicted molar refractivity (Wildman–Crippen MR) is 43.9 cm³/mol. The fraction of sp³-hybridized carbons (Fsp3) is 0.714. The van der Waals surface area contributed by atoms with Gasteiger partial charge in [-0.1, -0.05) is 20.3 Å². The standard InChI is InChI=1S/C7H14N4/c1-3-6(2)4-11-5-9-7(8)10-11/h5-6H,3-4H2,1-2H3,(H2,8,10). The molecule has 1 aromatic rings. The number of nitrogen functional groups attached to an aromatic ring is 1. The average Bonchev–Trinajstić information content (AvgIpc) is 2.35. The molecule has 0 aliphatic carbocycles. The van der Waals surface area contributed by atoms with Crippen LogP contribution in [-0.4, -0.2) is 14.8 Å². The third kappa shape index (κ3) is 2.22. The molecule has 4 nitrogen and oxygen atoms in total. The van der Waals surface area contributed by atoms with Crippen molar-refractivity contribution in [3.8, 4) is 0 Å². The van der Waals surface area contributed by atoms with Crippen LogP contribution in [0.25, 0.3) is 0 Å². The lowest BCUT2D eigenvalue weighted by atomic mass is 10.1. The Balaban J connectivity index is 2.50. The minimum absolute atomic E-state index is 0.355. The first-order valence-corrected chi connectivity index (χ1v) is 3.87. The highest BCUT2D eigenvalue weighted by Gasteiger charge is 2.01. The maximum Gasteiger partial charge on any atom is 0.239 e. The molecule has 11 heavy (non-hydrogen) atoms. The molecule has 0 amide bonds. The van der Waals surface area contributed by atoms with E-state index in [1.165, 1.54) is 0 Å². The van der Waals surface area contributed by atoms with Crippen LogP contribution in [0.3, 0.4) is 0 Å². The Labute approximate surface area is 66.4 Å². The molecule has 0 saturated heterocycles. The van der Waals surface area contributed by atoms with Crippen LogP contribution in [0.15, 0.2) is 6.33 Å². The summed E-state index contributed by atoms with van der Waals surface area (Å²) in [5, 5.41) is 3.98. The van der Waals surface area contributed by atoms with Crippen molar-refractivity contribution in [1.29, 1.82) is 0 Å². The minimum Gasteiger partial charge on any atom is -0.367 e. The molecule has 1 aromatic heterocycles. The van der Waals surface area contributed by atoms with E-state index in [1.807, 2.05) is 0 Å². The van der Waals surface area contributed by atoms with Crippen molar-refractivity contribution in [2.45, 2.75) is 26.8 Å². The van der Waals surface area contributed by atoms with E-state index in [0.717, 1.165) is 13.0 Å². The van der Waals surface area contributed by atoms with E-state index in [9.17, 15) is 0 Å². The first-order valence-electron chi connectivity index (χ1n) is 3.87. The Morgan fingerprint density at radius 3 is 2.91 bits per heavy atom. The van der Waals surface area contributed by atoms with Crippen molar-refractivity contribution < 1.29 is 0 Å². The van der Waals surface area contributed by atoms with Gasteiger partial charge in [-0.2, -0.15) is 0 Å². The number of hydrogen-bond acceptors (Lipinski definition) is 3. The molecule has 0 aliphatic rings. The molecule has 0 saturated carbocycles. The summed E-state index contributed by atoms with van der Waals surface area (Å²) < 4.78 is 1.78. The SMILES string of the molecule is CCC(C)Cn1cnc(N)n1. The fourth-order valence-corrected chi connectivity index (χ4v) is 0.845. The van der Waals surface area contributed by atoms with Gasteiger partial charge in [0.15, 0.2) is 0 Å². The molecule has 2 N–H and O–H groups in total. The van der Waals surface area contributed by atoms with Crippen molar-refractivity contribution in [3.05, 3.63) is 6.33 Å². The number of anilines is 1. The highest BCUT2D eigenvalue weighted by molar-refractivity contribution is 5.09. The lowest BCUT2D eigenvalue weighted by molar-refractivity contribution is 0.439. The van der Waals surface area contributed by atoms with E-state index in [0.29, 0.717) is 11.9 Å². The summed E-state index contributed by atoms with van der Waals surface area (Å²) in [5.74, 6) is 0.990. The summed E-state index contributed by atoms with van der Waals surface area (Å²) in [7, 11) is 0. The van der Waals surface area contributed by atoms with Crippen molar-refractivity contribution in [2.75, 3.05) is 5.73 Å².